The molecule has 1 aliphatic rings. The molecule has 0 saturated heterocycles. The number of amides is 1. The Hall–Kier alpha value is -0.670. The first-order valence-electron chi connectivity index (χ1n) is 6.34. The summed E-state index contributed by atoms with van der Waals surface area (Å²) in [5.74, 6) is 1.58. The van der Waals surface area contributed by atoms with E-state index in [0.29, 0.717) is 5.88 Å². The average molecular weight is 284 g/mol. The number of hydrogen-bond acceptors (Lipinski definition) is 2. The van der Waals surface area contributed by atoms with E-state index in [1.165, 1.54) is 10.5 Å². The van der Waals surface area contributed by atoms with Crippen molar-refractivity contribution in [1.82, 2.24) is 5.32 Å². The highest BCUT2D eigenvalue weighted by Gasteiger charge is 2.29. The third-order valence-corrected chi connectivity index (χ3v) is 4.71. The van der Waals surface area contributed by atoms with E-state index in [0.717, 1.165) is 18.6 Å². The molecule has 1 aliphatic heterocycles. The minimum absolute atomic E-state index is 0.00410. The van der Waals surface area contributed by atoms with Gasteiger partial charge >= 0.3 is 0 Å². The van der Waals surface area contributed by atoms with Crippen LogP contribution in [0.3, 0.4) is 0 Å². The van der Waals surface area contributed by atoms with Gasteiger partial charge in [0.05, 0.1) is 5.92 Å². The maximum atomic E-state index is 12.3. The normalized spacial score (nSPS) is 19.3. The number of halogens is 1. The molecule has 0 aromatic heterocycles. The summed E-state index contributed by atoms with van der Waals surface area (Å²) >= 11 is 7.51. The Balaban J connectivity index is 2.03. The van der Waals surface area contributed by atoms with Crippen molar-refractivity contribution in [1.29, 1.82) is 0 Å². The highest BCUT2D eigenvalue weighted by molar-refractivity contribution is 7.99. The third-order valence-electron chi connectivity index (χ3n) is 3.31. The summed E-state index contributed by atoms with van der Waals surface area (Å²) in [5.41, 5.74) is 1.17. The molecule has 1 aromatic rings. The molecular formula is C14H18ClNOS. The zero-order valence-electron chi connectivity index (χ0n) is 10.5. The fourth-order valence-corrected chi connectivity index (χ4v) is 3.68. The Morgan fingerprint density at radius 1 is 1.56 bits per heavy atom. The molecule has 0 radical (unpaired) electrons. The molecular weight excluding hydrogens is 266 g/mol. The molecule has 1 heterocycles. The molecule has 2 nitrogen and oxygen atoms in total. The number of carbonyl (C=O) groups is 1. The fraction of sp³-hybridized carbons (Fsp3) is 0.500. The standard InChI is InChI=1S/C14H18ClNOS/c1-2-10(7-8-15)16-14(17)12-9-18-13-6-4-3-5-11(12)13/h3-6,10,12H,2,7-9H2,1H3,(H,16,17). The second kappa shape index (κ2) is 6.48. The van der Waals surface area contributed by atoms with Gasteiger partial charge in [-0.3, -0.25) is 4.79 Å². The van der Waals surface area contributed by atoms with Crippen molar-refractivity contribution in [3.8, 4) is 0 Å². The molecule has 0 saturated carbocycles. The van der Waals surface area contributed by atoms with Gasteiger partial charge in [0, 0.05) is 22.6 Å². The zero-order valence-corrected chi connectivity index (χ0v) is 12.1. The average Bonchev–Trinajstić information content (AvgIpc) is 2.82. The van der Waals surface area contributed by atoms with Gasteiger partial charge in [-0.1, -0.05) is 25.1 Å². The van der Waals surface area contributed by atoms with Gasteiger partial charge in [0.2, 0.25) is 5.91 Å². The van der Waals surface area contributed by atoms with Gasteiger partial charge in [-0.25, -0.2) is 0 Å². The smallest absolute Gasteiger partial charge is 0.228 e. The van der Waals surface area contributed by atoms with Gasteiger partial charge in [0.15, 0.2) is 0 Å². The first-order chi connectivity index (χ1) is 8.76. The van der Waals surface area contributed by atoms with Crippen LogP contribution in [-0.2, 0) is 4.79 Å². The van der Waals surface area contributed by atoms with E-state index in [1.54, 1.807) is 11.8 Å². The molecule has 0 aliphatic carbocycles. The van der Waals surface area contributed by atoms with Crippen LogP contribution in [0.4, 0.5) is 0 Å². The number of benzene rings is 1. The number of nitrogens with one attached hydrogen (secondary N) is 1. The number of alkyl halides is 1. The van der Waals surface area contributed by atoms with Crippen LogP contribution in [0.2, 0.25) is 0 Å². The third kappa shape index (κ3) is 3.01. The van der Waals surface area contributed by atoms with Crippen LogP contribution in [0, 0.1) is 0 Å². The summed E-state index contributed by atoms with van der Waals surface area (Å²) in [6.07, 6.45) is 1.77. The summed E-state index contributed by atoms with van der Waals surface area (Å²) in [4.78, 5) is 13.5. The summed E-state index contributed by atoms with van der Waals surface area (Å²) in [7, 11) is 0. The van der Waals surface area contributed by atoms with Crippen LogP contribution in [-0.4, -0.2) is 23.6 Å². The predicted octanol–water partition coefficient (Wildman–Crippen LogP) is 3.40. The molecule has 0 spiro atoms. The highest BCUT2D eigenvalue weighted by Crippen LogP contribution is 2.39. The molecule has 2 unspecified atom stereocenters. The van der Waals surface area contributed by atoms with Crippen molar-refractivity contribution in [3.05, 3.63) is 29.8 Å². The van der Waals surface area contributed by atoms with Crippen LogP contribution in [0.25, 0.3) is 0 Å². The first-order valence-corrected chi connectivity index (χ1v) is 7.86. The lowest BCUT2D eigenvalue weighted by atomic mass is 10.00. The largest absolute Gasteiger partial charge is 0.353 e. The van der Waals surface area contributed by atoms with E-state index in [1.807, 2.05) is 12.1 Å². The van der Waals surface area contributed by atoms with Gasteiger partial charge in [-0.2, -0.15) is 0 Å². The Kier molecular flexibility index (Phi) is 4.95. The summed E-state index contributed by atoms with van der Waals surface area (Å²) in [6.45, 7) is 2.08. The summed E-state index contributed by atoms with van der Waals surface area (Å²) in [6, 6.07) is 8.37. The topological polar surface area (TPSA) is 29.1 Å². The van der Waals surface area contributed by atoms with Gasteiger partial charge in [0.25, 0.3) is 0 Å². The molecule has 2 rings (SSSR count). The van der Waals surface area contributed by atoms with E-state index < -0.39 is 0 Å². The second-order valence-corrected chi connectivity index (χ2v) is 5.93. The maximum Gasteiger partial charge on any atom is 0.228 e. The molecule has 18 heavy (non-hydrogen) atoms. The Morgan fingerprint density at radius 2 is 2.33 bits per heavy atom. The highest BCUT2D eigenvalue weighted by atomic mass is 35.5. The van der Waals surface area contributed by atoms with Gasteiger partial charge in [0.1, 0.15) is 0 Å². The van der Waals surface area contributed by atoms with Gasteiger partial charge in [-0.05, 0) is 24.5 Å². The van der Waals surface area contributed by atoms with E-state index in [-0.39, 0.29) is 17.9 Å². The predicted molar refractivity (Wildman–Crippen MR) is 77.5 cm³/mol. The molecule has 2 atom stereocenters. The maximum absolute atomic E-state index is 12.3. The quantitative estimate of drug-likeness (QED) is 0.839. The molecule has 0 fully saturated rings. The van der Waals surface area contributed by atoms with Crippen molar-refractivity contribution in [2.24, 2.45) is 0 Å². The van der Waals surface area contributed by atoms with Crippen molar-refractivity contribution in [2.45, 2.75) is 36.6 Å². The number of thioether (sulfide) groups is 1. The number of rotatable bonds is 5. The van der Waals surface area contributed by atoms with E-state index in [4.69, 9.17) is 11.6 Å². The number of carbonyl (C=O) groups excluding carboxylic acids is 1. The van der Waals surface area contributed by atoms with E-state index in [9.17, 15) is 4.79 Å². The zero-order chi connectivity index (χ0) is 13.0. The molecule has 1 N–H and O–H groups in total. The van der Waals surface area contributed by atoms with Crippen LogP contribution >= 0.6 is 23.4 Å². The SMILES string of the molecule is CCC(CCCl)NC(=O)C1CSc2ccccc21. The van der Waals surface area contributed by atoms with Crippen molar-refractivity contribution in [2.75, 3.05) is 11.6 Å². The monoisotopic (exact) mass is 283 g/mol. The van der Waals surface area contributed by atoms with Crippen molar-refractivity contribution in [3.63, 3.8) is 0 Å². The summed E-state index contributed by atoms with van der Waals surface area (Å²) in [5, 5.41) is 3.11. The summed E-state index contributed by atoms with van der Waals surface area (Å²) < 4.78 is 0. The molecule has 98 valence electrons. The van der Waals surface area contributed by atoms with Crippen LogP contribution in [0.5, 0.6) is 0 Å². The first kappa shape index (κ1) is 13.8. The van der Waals surface area contributed by atoms with Gasteiger partial charge in [-0.15, -0.1) is 23.4 Å². The lowest BCUT2D eigenvalue weighted by molar-refractivity contribution is -0.122. The van der Waals surface area contributed by atoms with E-state index >= 15 is 0 Å². The van der Waals surface area contributed by atoms with Crippen LogP contribution < -0.4 is 5.32 Å². The van der Waals surface area contributed by atoms with Crippen LogP contribution in [0.1, 0.15) is 31.2 Å². The second-order valence-electron chi connectivity index (χ2n) is 4.49. The van der Waals surface area contributed by atoms with Gasteiger partial charge < -0.3 is 5.32 Å². The Bertz CT molecular complexity index is 424. The Labute approximate surface area is 117 Å². The molecule has 4 heteroatoms. The fourth-order valence-electron chi connectivity index (χ4n) is 2.19. The lowest BCUT2D eigenvalue weighted by Gasteiger charge is -2.18. The van der Waals surface area contributed by atoms with E-state index in [2.05, 4.69) is 24.4 Å². The molecule has 1 amide bonds. The van der Waals surface area contributed by atoms with Crippen LogP contribution in [0.15, 0.2) is 29.2 Å². The number of fused-ring (bicyclic) bond motifs is 1. The lowest BCUT2D eigenvalue weighted by Crippen LogP contribution is -2.38. The minimum Gasteiger partial charge on any atom is -0.353 e. The molecule has 0 bridgehead atoms. The molecule has 1 aromatic carbocycles. The van der Waals surface area contributed by atoms with Crippen molar-refractivity contribution >= 4 is 29.3 Å². The minimum atomic E-state index is -0.00410. The Morgan fingerprint density at radius 3 is 3.06 bits per heavy atom. The van der Waals surface area contributed by atoms with Crippen molar-refractivity contribution < 1.29 is 4.79 Å². The number of hydrogen-bond donors (Lipinski definition) is 1.